The van der Waals surface area contributed by atoms with Gasteiger partial charge >= 0.3 is 0 Å². The van der Waals surface area contributed by atoms with Crippen LogP contribution >= 0.6 is 0 Å². The fourth-order valence-electron chi connectivity index (χ4n) is 2.11. The normalized spacial score (nSPS) is 11.3. The summed E-state index contributed by atoms with van der Waals surface area (Å²) < 4.78 is 5.70. The molecule has 4 heteroatoms. The Bertz CT molecular complexity index is 458. The molecule has 0 radical (unpaired) electrons. The number of ether oxygens (including phenoxy) is 1. The Balaban J connectivity index is 2.29. The van der Waals surface area contributed by atoms with Gasteiger partial charge in [-0.15, -0.1) is 0 Å². The first-order valence-electron chi connectivity index (χ1n) is 7.48. The number of benzene rings is 1. The van der Waals surface area contributed by atoms with E-state index in [1.54, 1.807) is 4.90 Å². The Kier molecular flexibility index (Phi) is 6.69. The number of hydrogen-bond donors (Lipinski definition) is 1. The number of nitrogens with zero attached hydrogens (tertiary/aromatic N) is 1. The van der Waals surface area contributed by atoms with Crippen molar-refractivity contribution >= 4 is 5.91 Å². The highest BCUT2D eigenvalue weighted by molar-refractivity contribution is 5.75. The van der Waals surface area contributed by atoms with Crippen molar-refractivity contribution in [1.29, 1.82) is 0 Å². The smallest absolute Gasteiger partial charge is 0.222 e. The van der Waals surface area contributed by atoms with Crippen molar-refractivity contribution in [2.45, 2.75) is 33.6 Å². The summed E-state index contributed by atoms with van der Waals surface area (Å²) in [5, 5.41) is 0. The molecule has 1 aromatic rings. The van der Waals surface area contributed by atoms with Crippen LogP contribution < -0.4 is 10.5 Å². The van der Waals surface area contributed by atoms with Crippen LogP contribution in [0.25, 0.3) is 0 Å². The summed E-state index contributed by atoms with van der Waals surface area (Å²) in [6.45, 7) is 7.96. The Labute approximate surface area is 128 Å². The molecule has 2 N–H and O–H groups in total. The van der Waals surface area contributed by atoms with E-state index < -0.39 is 0 Å². The van der Waals surface area contributed by atoms with Crippen molar-refractivity contribution < 1.29 is 9.53 Å². The van der Waals surface area contributed by atoms with Crippen LogP contribution in [0.15, 0.2) is 24.3 Å². The van der Waals surface area contributed by atoms with Crippen LogP contribution in [0.5, 0.6) is 5.75 Å². The second kappa shape index (κ2) is 8.03. The SMILES string of the molecule is Cc1ccccc1OCCCC(=O)N(C)CC(C)(C)CN. The van der Waals surface area contributed by atoms with E-state index in [4.69, 9.17) is 10.5 Å². The first-order chi connectivity index (χ1) is 9.85. The second-order valence-electron chi connectivity index (χ2n) is 6.34. The highest BCUT2D eigenvalue weighted by Crippen LogP contribution is 2.17. The highest BCUT2D eigenvalue weighted by Gasteiger charge is 2.20. The molecule has 118 valence electrons. The minimum atomic E-state index is -0.0396. The molecule has 0 saturated carbocycles. The predicted molar refractivity (Wildman–Crippen MR) is 86.4 cm³/mol. The van der Waals surface area contributed by atoms with Crippen LogP contribution in [-0.4, -0.2) is 37.6 Å². The average molecular weight is 292 g/mol. The van der Waals surface area contributed by atoms with Gasteiger partial charge < -0.3 is 15.4 Å². The molecular weight excluding hydrogens is 264 g/mol. The maximum absolute atomic E-state index is 12.0. The maximum Gasteiger partial charge on any atom is 0.222 e. The van der Waals surface area contributed by atoms with E-state index in [9.17, 15) is 4.79 Å². The van der Waals surface area contributed by atoms with Gasteiger partial charge in [0.1, 0.15) is 5.75 Å². The summed E-state index contributed by atoms with van der Waals surface area (Å²) >= 11 is 0. The van der Waals surface area contributed by atoms with Crippen molar-refractivity contribution in [2.24, 2.45) is 11.1 Å². The van der Waals surface area contributed by atoms with Crippen molar-refractivity contribution in [3.05, 3.63) is 29.8 Å². The summed E-state index contributed by atoms with van der Waals surface area (Å²) in [7, 11) is 1.84. The minimum absolute atomic E-state index is 0.0396. The summed E-state index contributed by atoms with van der Waals surface area (Å²) in [6.07, 6.45) is 1.23. The van der Waals surface area contributed by atoms with Gasteiger partial charge in [0.15, 0.2) is 0 Å². The topological polar surface area (TPSA) is 55.6 Å². The van der Waals surface area contributed by atoms with Gasteiger partial charge in [0.25, 0.3) is 0 Å². The third-order valence-corrected chi connectivity index (χ3v) is 3.53. The van der Waals surface area contributed by atoms with E-state index in [1.807, 2.05) is 38.2 Å². The third kappa shape index (κ3) is 6.17. The van der Waals surface area contributed by atoms with E-state index in [1.165, 1.54) is 0 Å². The van der Waals surface area contributed by atoms with E-state index in [0.29, 0.717) is 26.1 Å². The molecule has 0 atom stereocenters. The standard InChI is InChI=1S/C17H28N2O2/c1-14-8-5-6-9-15(14)21-11-7-10-16(20)19(4)13-17(2,3)12-18/h5-6,8-9H,7,10-13,18H2,1-4H3. The van der Waals surface area contributed by atoms with Gasteiger partial charge in [0.2, 0.25) is 5.91 Å². The average Bonchev–Trinajstić information content (AvgIpc) is 2.44. The number of hydrogen-bond acceptors (Lipinski definition) is 3. The number of carbonyl (C=O) groups excluding carboxylic acids is 1. The molecule has 0 aliphatic heterocycles. The van der Waals surface area contributed by atoms with Crippen LogP contribution in [0.1, 0.15) is 32.3 Å². The van der Waals surface area contributed by atoms with E-state index >= 15 is 0 Å². The fraction of sp³-hybridized carbons (Fsp3) is 0.588. The zero-order valence-electron chi connectivity index (χ0n) is 13.7. The summed E-state index contributed by atoms with van der Waals surface area (Å²) in [5.41, 5.74) is 6.77. The van der Waals surface area contributed by atoms with Crippen LogP contribution in [0.3, 0.4) is 0 Å². The van der Waals surface area contributed by atoms with E-state index in [2.05, 4.69) is 13.8 Å². The molecular formula is C17H28N2O2. The monoisotopic (exact) mass is 292 g/mol. The van der Waals surface area contributed by atoms with Crippen LogP contribution in [0, 0.1) is 12.3 Å². The first-order valence-corrected chi connectivity index (χ1v) is 7.48. The van der Waals surface area contributed by atoms with Gasteiger partial charge in [-0.25, -0.2) is 0 Å². The van der Waals surface area contributed by atoms with Crippen LogP contribution in [-0.2, 0) is 4.79 Å². The molecule has 1 rings (SSSR count). The lowest BCUT2D eigenvalue weighted by molar-refractivity contribution is -0.131. The van der Waals surface area contributed by atoms with Crippen molar-refractivity contribution in [3.63, 3.8) is 0 Å². The van der Waals surface area contributed by atoms with Gasteiger partial charge in [-0.2, -0.15) is 0 Å². The number of amides is 1. The molecule has 4 nitrogen and oxygen atoms in total. The Morgan fingerprint density at radius 3 is 2.62 bits per heavy atom. The lowest BCUT2D eigenvalue weighted by Crippen LogP contribution is -2.39. The summed E-state index contributed by atoms with van der Waals surface area (Å²) in [4.78, 5) is 13.8. The van der Waals surface area contributed by atoms with Gasteiger partial charge in [-0.05, 0) is 36.9 Å². The molecule has 0 aliphatic carbocycles. The van der Waals surface area contributed by atoms with Crippen LogP contribution in [0.2, 0.25) is 0 Å². The molecule has 0 aromatic heterocycles. The number of carbonyl (C=O) groups is 1. The van der Waals surface area contributed by atoms with E-state index in [0.717, 1.165) is 17.7 Å². The minimum Gasteiger partial charge on any atom is -0.493 e. The van der Waals surface area contributed by atoms with Gasteiger partial charge in [0, 0.05) is 20.0 Å². The highest BCUT2D eigenvalue weighted by atomic mass is 16.5. The molecule has 21 heavy (non-hydrogen) atoms. The van der Waals surface area contributed by atoms with Crippen molar-refractivity contribution in [2.75, 3.05) is 26.7 Å². The third-order valence-electron chi connectivity index (χ3n) is 3.53. The van der Waals surface area contributed by atoms with Gasteiger partial charge in [-0.1, -0.05) is 32.0 Å². The number of para-hydroxylation sites is 1. The van der Waals surface area contributed by atoms with Gasteiger partial charge in [0.05, 0.1) is 6.61 Å². The molecule has 0 unspecified atom stereocenters. The van der Waals surface area contributed by atoms with E-state index in [-0.39, 0.29) is 11.3 Å². The fourth-order valence-corrected chi connectivity index (χ4v) is 2.11. The Morgan fingerprint density at radius 2 is 2.00 bits per heavy atom. The lowest BCUT2D eigenvalue weighted by atomic mass is 9.93. The molecule has 0 saturated heterocycles. The molecule has 1 aromatic carbocycles. The number of rotatable bonds is 8. The molecule has 1 amide bonds. The second-order valence-corrected chi connectivity index (χ2v) is 6.34. The largest absolute Gasteiger partial charge is 0.493 e. The summed E-state index contributed by atoms with van der Waals surface area (Å²) in [6, 6.07) is 7.91. The maximum atomic E-state index is 12.0. The first kappa shape index (κ1) is 17.5. The molecule has 0 bridgehead atoms. The summed E-state index contributed by atoms with van der Waals surface area (Å²) in [5.74, 6) is 1.03. The predicted octanol–water partition coefficient (Wildman–Crippen LogP) is 2.60. The quantitative estimate of drug-likeness (QED) is 0.749. The molecule has 0 spiro atoms. The lowest BCUT2D eigenvalue weighted by Gasteiger charge is -2.29. The number of nitrogens with two attached hydrogens (primary N) is 1. The van der Waals surface area contributed by atoms with Crippen LogP contribution in [0.4, 0.5) is 0 Å². The Morgan fingerprint density at radius 1 is 1.33 bits per heavy atom. The Hall–Kier alpha value is -1.55. The number of aryl methyl sites for hydroxylation is 1. The van der Waals surface area contributed by atoms with Crippen molar-refractivity contribution in [3.8, 4) is 5.75 Å². The molecule has 0 aliphatic rings. The van der Waals surface area contributed by atoms with Crippen molar-refractivity contribution in [1.82, 2.24) is 4.90 Å². The van der Waals surface area contributed by atoms with Gasteiger partial charge in [-0.3, -0.25) is 4.79 Å². The zero-order chi connectivity index (χ0) is 15.9. The molecule has 0 heterocycles. The zero-order valence-corrected chi connectivity index (χ0v) is 13.7. The molecule has 0 fully saturated rings.